The summed E-state index contributed by atoms with van der Waals surface area (Å²) >= 11 is 11.7. The van der Waals surface area contributed by atoms with E-state index in [4.69, 9.17) is 23.2 Å². The van der Waals surface area contributed by atoms with E-state index in [9.17, 15) is 9.59 Å². The second kappa shape index (κ2) is 8.25. The molecule has 0 heterocycles. The molecule has 0 aromatic heterocycles. The minimum atomic E-state index is -0.0882. The summed E-state index contributed by atoms with van der Waals surface area (Å²) in [4.78, 5) is 25.4. The molecular weight excluding hydrogens is 299 g/mol. The van der Waals surface area contributed by atoms with Crippen LogP contribution in [0, 0.1) is 0 Å². The minimum absolute atomic E-state index is 0.0868. The number of Topliss-reactive ketones (excluding diaryl/α,β-unsaturated/α-hetero) is 1. The van der Waals surface area contributed by atoms with Gasteiger partial charge in [-0.15, -0.1) is 0 Å². The van der Waals surface area contributed by atoms with Gasteiger partial charge < -0.3 is 5.32 Å². The number of ketones is 1. The average Bonchev–Trinajstić information content (AvgIpc) is 2.41. The zero-order valence-electron chi connectivity index (χ0n) is 11.6. The highest BCUT2D eigenvalue weighted by Gasteiger charge is 2.15. The molecular formula is C14H18Cl2N2O2. The van der Waals surface area contributed by atoms with Crippen LogP contribution in [0.5, 0.6) is 0 Å². The van der Waals surface area contributed by atoms with Gasteiger partial charge in [0.25, 0.3) is 0 Å². The highest BCUT2D eigenvalue weighted by Crippen LogP contribution is 2.22. The first kappa shape index (κ1) is 17.0. The maximum absolute atomic E-state index is 12.1. The van der Waals surface area contributed by atoms with Crippen molar-refractivity contribution in [3.63, 3.8) is 0 Å². The molecule has 0 saturated heterocycles. The Labute approximate surface area is 129 Å². The SMILES string of the molecule is CCNC(=O)CN(CC)CC(=O)c1ccc(Cl)c(Cl)c1. The fraction of sp³-hybridized carbons (Fsp3) is 0.429. The van der Waals surface area contributed by atoms with Gasteiger partial charge in [0.1, 0.15) is 0 Å². The van der Waals surface area contributed by atoms with E-state index >= 15 is 0 Å². The van der Waals surface area contributed by atoms with Crippen molar-refractivity contribution >= 4 is 34.9 Å². The lowest BCUT2D eigenvalue weighted by atomic mass is 10.1. The second-order valence-electron chi connectivity index (χ2n) is 4.31. The summed E-state index contributed by atoms with van der Waals surface area (Å²) in [6.07, 6.45) is 0. The number of nitrogens with zero attached hydrogens (tertiary/aromatic N) is 1. The summed E-state index contributed by atoms with van der Waals surface area (Å²) in [5.74, 6) is -0.175. The normalized spacial score (nSPS) is 10.7. The number of nitrogens with one attached hydrogen (secondary N) is 1. The van der Waals surface area contributed by atoms with E-state index in [2.05, 4.69) is 5.32 Å². The van der Waals surface area contributed by atoms with Crippen molar-refractivity contribution in [2.24, 2.45) is 0 Å². The van der Waals surface area contributed by atoms with Gasteiger partial charge in [-0.2, -0.15) is 0 Å². The third-order valence-electron chi connectivity index (χ3n) is 2.80. The van der Waals surface area contributed by atoms with Gasteiger partial charge in [0.05, 0.1) is 23.1 Å². The number of carbonyl (C=O) groups excluding carboxylic acids is 2. The van der Waals surface area contributed by atoms with E-state index in [0.29, 0.717) is 28.7 Å². The Morgan fingerprint density at radius 3 is 2.40 bits per heavy atom. The number of rotatable bonds is 7. The molecule has 0 aliphatic rings. The molecule has 0 aliphatic heterocycles. The summed E-state index contributed by atoms with van der Waals surface area (Å²) < 4.78 is 0. The van der Waals surface area contributed by atoms with Crippen LogP contribution in [0.1, 0.15) is 24.2 Å². The van der Waals surface area contributed by atoms with Crippen LogP contribution in [-0.2, 0) is 4.79 Å². The van der Waals surface area contributed by atoms with Gasteiger partial charge >= 0.3 is 0 Å². The number of benzene rings is 1. The Hall–Kier alpha value is -1.10. The maximum atomic E-state index is 12.1. The number of carbonyl (C=O) groups is 2. The molecule has 0 fully saturated rings. The topological polar surface area (TPSA) is 49.4 Å². The number of amides is 1. The number of hydrogen-bond acceptors (Lipinski definition) is 3. The summed E-state index contributed by atoms with van der Waals surface area (Å²) in [7, 11) is 0. The van der Waals surface area contributed by atoms with Crippen molar-refractivity contribution in [1.82, 2.24) is 10.2 Å². The number of hydrogen-bond donors (Lipinski definition) is 1. The van der Waals surface area contributed by atoms with E-state index in [0.717, 1.165) is 0 Å². The molecule has 0 atom stereocenters. The number of halogens is 2. The van der Waals surface area contributed by atoms with Crippen molar-refractivity contribution in [1.29, 1.82) is 0 Å². The predicted molar refractivity (Wildman–Crippen MR) is 81.6 cm³/mol. The molecule has 110 valence electrons. The summed E-state index contributed by atoms with van der Waals surface area (Å²) in [5.41, 5.74) is 0.494. The lowest BCUT2D eigenvalue weighted by Gasteiger charge is -2.18. The highest BCUT2D eigenvalue weighted by molar-refractivity contribution is 6.42. The van der Waals surface area contributed by atoms with Crippen LogP contribution in [0.4, 0.5) is 0 Å². The van der Waals surface area contributed by atoms with Crippen molar-refractivity contribution in [2.45, 2.75) is 13.8 Å². The third kappa shape index (κ3) is 5.12. The van der Waals surface area contributed by atoms with Crippen molar-refractivity contribution < 1.29 is 9.59 Å². The van der Waals surface area contributed by atoms with Crippen molar-refractivity contribution in [3.05, 3.63) is 33.8 Å². The minimum Gasteiger partial charge on any atom is -0.355 e. The van der Waals surface area contributed by atoms with Gasteiger partial charge in [-0.3, -0.25) is 14.5 Å². The maximum Gasteiger partial charge on any atom is 0.234 e. The van der Waals surface area contributed by atoms with Crippen molar-refractivity contribution in [3.8, 4) is 0 Å². The Morgan fingerprint density at radius 1 is 1.15 bits per heavy atom. The molecule has 0 bridgehead atoms. The van der Waals surface area contributed by atoms with Gasteiger partial charge in [0.15, 0.2) is 5.78 Å². The molecule has 4 nitrogen and oxygen atoms in total. The summed E-state index contributed by atoms with van der Waals surface area (Å²) in [5, 5.41) is 3.48. The lowest BCUT2D eigenvalue weighted by Crippen LogP contribution is -2.39. The van der Waals surface area contributed by atoms with Gasteiger partial charge in [-0.1, -0.05) is 30.1 Å². The molecule has 0 unspecified atom stereocenters. The Morgan fingerprint density at radius 2 is 1.85 bits per heavy atom. The Kier molecular flexibility index (Phi) is 6.99. The average molecular weight is 317 g/mol. The largest absolute Gasteiger partial charge is 0.355 e. The van der Waals surface area contributed by atoms with Crippen LogP contribution in [0.15, 0.2) is 18.2 Å². The molecule has 1 N–H and O–H groups in total. The predicted octanol–water partition coefficient (Wildman–Crippen LogP) is 2.63. The van der Waals surface area contributed by atoms with E-state index in [1.807, 2.05) is 13.8 Å². The standard InChI is InChI=1S/C14H18Cl2N2O2/c1-3-17-14(20)9-18(4-2)8-13(19)10-5-6-11(15)12(16)7-10/h5-7H,3-4,8-9H2,1-2H3,(H,17,20). The van der Waals surface area contributed by atoms with E-state index < -0.39 is 0 Å². The van der Waals surface area contributed by atoms with Crippen LogP contribution >= 0.6 is 23.2 Å². The van der Waals surface area contributed by atoms with E-state index in [-0.39, 0.29) is 24.8 Å². The molecule has 0 radical (unpaired) electrons. The number of likely N-dealkylation sites (N-methyl/N-ethyl adjacent to an activating group) is 2. The molecule has 20 heavy (non-hydrogen) atoms. The van der Waals surface area contributed by atoms with Crippen LogP contribution in [-0.4, -0.2) is 42.8 Å². The third-order valence-corrected chi connectivity index (χ3v) is 3.54. The molecule has 6 heteroatoms. The van der Waals surface area contributed by atoms with Gasteiger partial charge in [0.2, 0.25) is 5.91 Å². The molecule has 0 spiro atoms. The first-order chi connectivity index (χ1) is 9.47. The monoisotopic (exact) mass is 316 g/mol. The molecule has 1 aromatic rings. The van der Waals surface area contributed by atoms with Crippen LogP contribution in [0.25, 0.3) is 0 Å². The highest BCUT2D eigenvalue weighted by atomic mass is 35.5. The first-order valence-electron chi connectivity index (χ1n) is 6.45. The van der Waals surface area contributed by atoms with E-state index in [1.165, 1.54) is 0 Å². The molecule has 1 amide bonds. The summed E-state index contributed by atoms with van der Waals surface area (Å²) in [6, 6.07) is 4.78. The lowest BCUT2D eigenvalue weighted by molar-refractivity contribution is -0.121. The molecule has 1 rings (SSSR count). The van der Waals surface area contributed by atoms with Crippen LogP contribution < -0.4 is 5.32 Å². The quantitative estimate of drug-likeness (QED) is 0.787. The fourth-order valence-corrected chi connectivity index (χ4v) is 2.00. The van der Waals surface area contributed by atoms with Crippen molar-refractivity contribution in [2.75, 3.05) is 26.2 Å². The molecule has 0 saturated carbocycles. The fourth-order valence-electron chi connectivity index (χ4n) is 1.70. The van der Waals surface area contributed by atoms with E-state index in [1.54, 1.807) is 23.1 Å². The Balaban J connectivity index is 2.67. The molecule has 0 aliphatic carbocycles. The zero-order valence-corrected chi connectivity index (χ0v) is 13.1. The van der Waals surface area contributed by atoms with Gasteiger partial charge in [-0.25, -0.2) is 0 Å². The molecule has 1 aromatic carbocycles. The first-order valence-corrected chi connectivity index (χ1v) is 7.20. The van der Waals surface area contributed by atoms with Crippen LogP contribution in [0.3, 0.4) is 0 Å². The second-order valence-corrected chi connectivity index (χ2v) is 5.12. The zero-order chi connectivity index (χ0) is 15.1. The Bertz CT molecular complexity index is 492. The van der Waals surface area contributed by atoms with Gasteiger partial charge in [0, 0.05) is 12.1 Å². The van der Waals surface area contributed by atoms with Gasteiger partial charge in [-0.05, 0) is 31.7 Å². The smallest absolute Gasteiger partial charge is 0.234 e. The summed E-state index contributed by atoms with van der Waals surface area (Å²) in [6.45, 7) is 5.33. The van der Waals surface area contributed by atoms with Crippen LogP contribution in [0.2, 0.25) is 10.0 Å².